The van der Waals surface area contributed by atoms with Crippen molar-refractivity contribution >= 4 is 47.0 Å². The van der Waals surface area contributed by atoms with E-state index in [0.717, 1.165) is 11.4 Å². The molecule has 0 fully saturated rings. The van der Waals surface area contributed by atoms with Crippen LogP contribution < -0.4 is 4.90 Å². The molecule has 0 radical (unpaired) electrons. The largest absolute Gasteiger partial charge is 0.345 e. The highest BCUT2D eigenvalue weighted by Gasteiger charge is 2.05. The smallest absolute Gasteiger partial charge is 0.0613 e. The van der Waals surface area contributed by atoms with Crippen LogP contribution in [0.4, 0.5) is 11.4 Å². The predicted octanol–water partition coefficient (Wildman–Crippen LogP) is 5.18. The van der Waals surface area contributed by atoms with Crippen LogP contribution in [0.1, 0.15) is 0 Å². The summed E-state index contributed by atoms with van der Waals surface area (Å²) >= 11 is 11.9. The van der Waals surface area contributed by atoms with Gasteiger partial charge >= 0.3 is 0 Å². The zero-order valence-electron chi connectivity index (χ0n) is 9.23. The van der Waals surface area contributed by atoms with Crippen LogP contribution in [-0.2, 0) is 0 Å². The van der Waals surface area contributed by atoms with E-state index >= 15 is 0 Å². The third-order valence-corrected chi connectivity index (χ3v) is 3.17. The molecular formula is C13H12Cl3N. The molecule has 0 saturated carbocycles. The summed E-state index contributed by atoms with van der Waals surface area (Å²) in [5.41, 5.74) is 2.13. The average molecular weight is 289 g/mol. The standard InChI is InChI=1S/C13H11Cl2N.ClH/c1-16(10-5-3-2-4-6-10)11-7-8-12(14)13(15)9-11;/h2-9H,1H3;1H. The lowest BCUT2D eigenvalue weighted by Gasteiger charge is -2.19. The highest BCUT2D eigenvalue weighted by Crippen LogP contribution is 2.29. The van der Waals surface area contributed by atoms with E-state index in [0.29, 0.717) is 10.0 Å². The minimum absolute atomic E-state index is 0. The van der Waals surface area contributed by atoms with Crippen LogP contribution in [0.15, 0.2) is 48.5 Å². The van der Waals surface area contributed by atoms with E-state index in [2.05, 4.69) is 4.90 Å². The monoisotopic (exact) mass is 287 g/mol. The van der Waals surface area contributed by atoms with Crippen LogP contribution in [-0.4, -0.2) is 7.05 Å². The van der Waals surface area contributed by atoms with Crippen LogP contribution >= 0.6 is 35.6 Å². The average Bonchev–Trinajstić information content (AvgIpc) is 2.33. The lowest BCUT2D eigenvalue weighted by Crippen LogP contribution is -2.08. The number of para-hydroxylation sites is 1. The van der Waals surface area contributed by atoms with Gasteiger partial charge in [-0.25, -0.2) is 0 Å². The molecule has 0 amide bonds. The molecule has 2 rings (SSSR count). The van der Waals surface area contributed by atoms with Crippen molar-refractivity contribution in [1.29, 1.82) is 0 Å². The van der Waals surface area contributed by atoms with Gasteiger partial charge in [0.2, 0.25) is 0 Å². The van der Waals surface area contributed by atoms with Gasteiger partial charge in [-0.1, -0.05) is 41.4 Å². The Labute approximate surface area is 117 Å². The highest BCUT2D eigenvalue weighted by molar-refractivity contribution is 6.42. The highest BCUT2D eigenvalue weighted by atomic mass is 35.5. The molecule has 1 nitrogen and oxygen atoms in total. The number of anilines is 2. The maximum atomic E-state index is 5.99. The van der Waals surface area contributed by atoms with Crippen molar-refractivity contribution in [2.75, 3.05) is 11.9 Å². The molecule has 2 aromatic carbocycles. The van der Waals surface area contributed by atoms with Crippen LogP contribution in [0, 0.1) is 0 Å². The fourth-order valence-corrected chi connectivity index (χ4v) is 1.79. The summed E-state index contributed by atoms with van der Waals surface area (Å²) in [6, 6.07) is 15.7. The molecule has 0 N–H and O–H groups in total. The zero-order chi connectivity index (χ0) is 11.5. The first-order chi connectivity index (χ1) is 7.68. The van der Waals surface area contributed by atoms with E-state index < -0.39 is 0 Å². The molecule has 0 aliphatic rings. The second-order valence-corrected chi connectivity index (χ2v) is 4.31. The SMILES string of the molecule is CN(c1ccccc1)c1ccc(Cl)c(Cl)c1.Cl. The molecule has 4 heteroatoms. The number of hydrogen-bond donors (Lipinski definition) is 0. The number of halogens is 3. The molecule has 0 aliphatic carbocycles. The van der Waals surface area contributed by atoms with Gasteiger partial charge < -0.3 is 4.90 Å². The first-order valence-electron chi connectivity index (χ1n) is 4.92. The van der Waals surface area contributed by atoms with E-state index in [1.807, 2.05) is 49.5 Å². The first kappa shape index (κ1) is 14.2. The minimum atomic E-state index is 0. The Kier molecular flexibility index (Phi) is 5.13. The van der Waals surface area contributed by atoms with Crippen molar-refractivity contribution in [3.8, 4) is 0 Å². The second kappa shape index (κ2) is 6.15. The zero-order valence-corrected chi connectivity index (χ0v) is 11.6. The van der Waals surface area contributed by atoms with Gasteiger partial charge in [-0.05, 0) is 30.3 Å². The van der Waals surface area contributed by atoms with Crippen molar-refractivity contribution in [3.05, 3.63) is 58.6 Å². The summed E-state index contributed by atoms with van der Waals surface area (Å²) in [6.07, 6.45) is 0. The molecule has 17 heavy (non-hydrogen) atoms. The third kappa shape index (κ3) is 3.29. The van der Waals surface area contributed by atoms with Gasteiger partial charge in [0.15, 0.2) is 0 Å². The normalized spacial score (nSPS) is 9.59. The minimum Gasteiger partial charge on any atom is -0.345 e. The summed E-state index contributed by atoms with van der Waals surface area (Å²) in [5, 5.41) is 1.15. The Hall–Kier alpha value is -0.890. The summed E-state index contributed by atoms with van der Waals surface area (Å²) in [6.45, 7) is 0. The fourth-order valence-electron chi connectivity index (χ4n) is 1.49. The molecule has 0 unspecified atom stereocenters. The van der Waals surface area contributed by atoms with Crippen molar-refractivity contribution in [1.82, 2.24) is 0 Å². The maximum absolute atomic E-state index is 5.99. The number of hydrogen-bond acceptors (Lipinski definition) is 1. The van der Waals surface area contributed by atoms with Crippen LogP contribution in [0.2, 0.25) is 10.0 Å². The second-order valence-electron chi connectivity index (χ2n) is 3.49. The van der Waals surface area contributed by atoms with Gasteiger partial charge in [-0.3, -0.25) is 0 Å². The van der Waals surface area contributed by atoms with Gasteiger partial charge in [0, 0.05) is 18.4 Å². The fraction of sp³-hybridized carbons (Fsp3) is 0.0769. The molecule has 0 bridgehead atoms. The molecular weight excluding hydrogens is 277 g/mol. The summed E-state index contributed by atoms with van der Waals surface area (Å²) in [4.78, 5) is 2.06. The molecule has 0 heterocycles. The van der Waals surface area contributed by atoms with E-state index in [1.165, 1.54) is 0 Å². The summed E-state index contributed by atoms with van der Waals surface area (Å²) in [5.74, 6) is 0. The molecule has 0 aromatic heterocycles. The topological polar surface area (TPSA) is 3.24 Å². The van der Waals surface area contributed by atoms with Crippen LogP contribution in [0.5, 0.6) is 0 Å². The summed E-state index contributed by atoms with van der Waals surface area (Å²) in [7, 11) is 1.99. The van der Waals surface area contributed by atoms with Gasteiger partial charge in [0.1, 0.15) is 0 Å². The van der Waals surface area contributed by atoms with Gasteiger partial charge in [-0.2, -0.15) is 0 Å². The lowest BCUT2D eigenvalue weighted by molar-refractivity contribution is 1.21. The molecule has 0 aliphatic heterocycles. The van der Waals surface area contributed by atoms with Crippen molar-refractivity contribution in [2.24, 2.45) is 0 Å². The van der Waals surface area contributed by atoms with Gasteiger partial charge in [0.25, 0.3) is 0 Å². The van der Waals surface area contributed by atoms with E-state index in [1.54, 1.807) is 6.07 Å². The maximum Gasteiger partial charge on any atom is 0.0613 e. The van der Waals surface area contributed by atoms with Gasteiger partial charge in [0.05, 0.1) is 10.0 Å². The van der Waals surface area contributed by atoms with Crippen molar-refractivity contribution in [3.63, 3.8) is 0 Å². The molecule has 0 atom stereocenters. The Bertz CT molecular complexity index is 485. The van der Waals surface area contributed by atoms with Crippen molar-refractivity contribution < 1.29 is 0 Å². The lowest BCUT2D eigenvalue weighted by atomic mass is 10.2. The molecule has 0 saturated heterocycles. The third-order valence-electron chi connectivity index (χ3n) is 2.43. The Morgan fingerprint density at radius 2 is 1.47 bits per heavy atom. The van der Waals surface area contributed by atoms with E-state index in [9.17, 15) is 0 Å². The molecule has 0 spiro atoms. The molecule has 2 aromatic rings. The van der Waals surface area contributed by atoms with Crippen molar-refractivity contribution in [2.45, 2.75) is 0 Å². The number of benzene rings is 2. The van der Waals surface area contributed by atoms with Crippen LogP contribution in [0.3, 0.4) is 0 Å². The van der Waals surface area contributed by atoms with Gasteiger partial charge in [-0.15, -0.1) is 12.4 Å². The Balaban J connectivity index is 0.00000144. The first-order valence-corrected chi connectivity index (χ1v) is 5.68. The quantitative estimate of drug-likeness (QED) is 0.735. The van der Waals surface area contributed by atoms with E-state index in [-0.39, 0.29) is 12.4 Å². The number of nitrogens with zero attached hydrogens (tertiary/aromatic N) is 1. The Morgan fingerprint density at radius 1 is 0.824 bits per heavy atom. The predicted molar refractivity (Wildman–Crippen MR) is 78.2 cm³/mol. The Morgan fingerprint density at radius 3 is 2.06 bits per heavy atom. The van der Waals surface area contributed by atoms with Crippen LogP contribution in [0.25, 0.3) is 0 Å². The molecule has 90 valence electrons. The number of rotatable bonds is 2. The van der Waals surface area contributed by atoms with E-state index in [4.69, 9.17) is 23.2 Å². The summed E-state index contributed by atoms with van der Waals surface area (Å²) < 4.78 is 0.